The van der Waals surface area contributed by atoms with Crippen molar-refractivity contribution >= 4 is 22.0 Å². The molecule has 0 bridgehead atoms. The van der Waals surface area contributed by atoms with Crippen LogP contribution in [0.4, 0.5) is 0 Å². The molecule has 11 heteroatoms. The van der Waals surface area contributed by atoms with Crippen LogP contribution in [0, 0.1) is 0 Å². The number of aliphatic hydroxyl groups excluding tert-OH is 1. The summed E-state index contributed by atoms with van der Waals surface area (Å²) in [6.45, 7) is 10.9. The molecule has 0 aromatic heterocycles. The largest absolute Gasteiger partial charge is 0.469 e. The van der Waals surface area contributed by atoms with E-state index in [1.807, 2.05) is 33.9 Å². The van der Waals surface area contributed by atoms with Gasteiger partial charge in [-0.25, -0.2) is 4.57 Å². The average Bonchev–Trinajstić information content (AvgIpc) is 2.61. The molecule has 0 saturated carbocycles. The van der Waals surface area contributed by atoms with Gasteiger partial charge in [0.2, 0.25) is 5.91 Å². The monoisotopic (exact) mass is 385 g/mol. The fraction of sp³-hybridized carbons (Fsp3) is 0.923. The minimum Gasteiger partial charge on any atom is -0.409 e. The smallest absolute Gasteiger partial charge is 0.409 e. The number of carbonyl (C=O) groups is 1. The molecule has 0 unspecified atom stereocenters. The number of amides is 1. The maximum Gasteiger partial charge on any atom is 0.469 e. The summed E-state index contributed by atoms with van der Waals surface area (Å²) in [4.78, 5) is 29.1. The zero-order chi connectivity index (χ0) is 18.9. The van der Waals surface area contributed by atoms with E-state index in [0.29, 0.717) is 0 Å². The number of carbonyl (C=O) groups excluding carboxylic acids is 1. The van der Waals surface area contributed by atoms with E-state index in [1.165, 1.54) is 6.92 Å². The number of ether oxygens (including phenoxy) is 1. The van der Waals surface area contributed by atoms with Crippen molar-refractivity contribution < 1.29 is 37.9 Å². The molecule has 1 rings (SSSR count). The van der Waals surface area contributed by atoms with Crippen LogP contribution in [-0.4, -0.2) is 60.3 Å². The highest BCUT2D eigenvalue weighted by Gasteiger charge is 2.50. The molecule has 0 aromatic rings. The van der Waals surface area contributed by atoms with E-state index in [9.17, 15) is 14.5 Å². The van der Waals surface area contributed by atoms with Crippen molar-refractivity contribution in [2.75, 3.05) is 6.61 Å². The third-order valence-corrected chi connectivity index (χ3v) is 9.31. The summed E-state index contributed by atoms with van der Waals surface area (Å²) >= 11 is 0. The Morgan fingerprint density at radius 3 is 2.29 bits per heavy atom. The van der Waals surface area contributed by atoms with Gasteiger partial charge in [-0.3, -0.25) is 9.32 Å². The lowest BCUT2D eigenvalue weighted by atomic mass is 10.1. The van der Waals surface area contributed by atoms with Crippen LogP contribution < -0.4 is 5.32 Å². The Bertz CT molecular complexity index is 503. The van der Waals surface area contributed by atoms with Gasteiger partial charge in [-0.05, 0) is 18.1 Å². The third kappa shape index (κ3) is 5.89. The zero-order valence-corrected chi connectivity index (χ0v) is 16.7. The van der Waals surface area contributed by atoms with Crippen LogP contribution in [0.15, 0.2) is 0 Å². The fourth-order valence-corrected chi connectivity index (χ4v) is 3.77. The van der Waals surface area contributed by atoms with Crippen molar-refractivity contribution in [3.05, 3.63) is 0 Å². The van der Waals surface area contributed by atoms with E-state index in [4.69, 9.17) is 18.9 Å². The van der Waals surface area contributed by atoms with E-state index in [1.54, 1.807) is 0 Å². The summed E-state index contributed by atoms with van der Waals surface area (Å²) in [5, 5.41) is 12.5. The second kappa shape index (κ2) is 7.51. The molecule has 4 atom stereocenters. The third-order valence-electron chi connectivity index (χ3n) is 4.36. The maximum atomic E-state index is 11.4. The van der Waals surface area contributed by atoms with Gasteiger partial charge in [-0.15, -0.1) is 0 Å². The Balaban J connectivity index is 3.01. The van der Waals surface area contributed by atoms with Crippen molar-refractivity contribution in [2.24, 2.45) is 0 Å². The SMILES string of the molecule is CC(=O)N[C@@H]1[C@H](O[Si](C)(C)C(C)(C)C)[C@@H](COP(=O)(O)O)O[C@@H]1O. The van der Waals surface area contributed by atoms with Gasteiger partial charge in [0.15, 0.2) is 14.6 Å². The van der Waals surface area contributed by atoms with E-state index < -0.39 is 47.3 Å². The summed E-state index contributed by atoms with van der Waals surface area (Å²) in [6, 6.07) is -0.845. The summed E-state index contributed by atoms with van der Waals surface area (Å²) in [7, 11) is -6.99. The lowest BCUT2D eigenvalue weighted by Crippen LogP contribution is -2.54. The predicted octanol–water partition coefficient (Wildman–Crippen LogP) is 0.708. The fourth-order valence-electron chi connectivity index (χ4n) is 2.09. The van der Waals surface area contributed by atoms with Gasteiger partial charge < -0.3 is 29.4 Å². The van der Waals surface area contributed by atoms with Gasteiger partial charge in [0.25, 0.3) is 0 Å². The van der Waals surface area contributed by atoms with Gasteiger partial charge >= 0.3 is 7.82 Å². The molecule has 1 heterocycles. The quantitative estimate of drug-likeness (QED) is 0.388. The number of phosphoric acid groups is 1. The molecule has 0 aromatic carbocycles. The van der Waals surface area contributed by atoms with Crippen molar-refractivity contribution in [3.63, 3.8) is 0 Å². The van der Waals surface area contributed by atoms with Crippen LogP contribution in [0.25, 0.3) is 0 Å². The van der Waals surface area contributed by atoms with E-state index in [0.717, 1.165) is 0 Å². The van der Waals surface area contributed by atoms with Gasteiger partial charge in [-0.2, -0.15) is 0 Å². The molecule has 142 valence electrons. The van der Waals surface area contributed by atoms with Crippen molar-refractivity contribution in [1.29, 1.82) is 0 Å². The predicted molar refractivity (Wildman–Crippen MR) is 88.6 cm³/mol. The zero-order valence-electron chi connectivity index (χ0n) is 14.8. The minimum absolute atomic E-state index is 0.143. The molecule has 0 aliphatic carbocycles. The number of hydrogen-bond acceptors (Lipinski definition) is 6. The standard InChI is InChI=1S/C13H28NO8PSi/c1-8(15)14-10-11(22-24(5,6)13(2,3)4)9(21-12(10)16)7-20-23(17,18)19/h9-12,16H,7H2,1-6H3,(H,14,15)(H2,17,18,19)/t9-,10-,11-,12+/m1/s1. The lowest BCUT2D eigenvalue weighted by molar-refractivity contribution is -0.127. The first-order valence-corrected chi connectivity index (χ1v) is 12.1. The highest BCUT2D eigenvalue weighted by Crippen LogP contribution is 2.41. The summed E-state index contributed by atoms with van der Waals surface area (Å²) < 4.78 is 27.0. The van der Waals surface area contributed by atoms with Gasteiger partial charge in [-0.1, -0.05) is 20.8 Å². The van der Waals surface area contributed by atoms with Crippen molar-refractivity contribution in [1.82, 2.24) is 5.32 Å². The van der Waals surface area contributed by atoms with Gasteiger partial charge in [0.05, 0.1) is 12.7 Å². The number of hydrogen-bond donors (Lipinski definition) is 4. The Hall–Kier alpha value is -0.323. The summed E-state index contributed by atoms with van der Waals surface area (Å²) in [5.41, 5.74) is 0. The molecule has 1 aliphatic heterocycles. The highest BCUT2D eigenvalue weighted by molar-refractivity contribution is 7.46. The highest BCUT2D eigenvalue weighted by atomic mass is 31.2. The van der Waals surface area contributed by atoms with E-state index in [-0.39, 0.29) is 10.9 Å². The topological polar surface area (TPSA) is 135 Å². The molecule has 9 nitrogen and oxygen atoms in total. The molecule has 1 saturated heterocycles. The van der Waals surface area contributed by atoms with Crippen LogP contribution in [-0.2, 0) is 23.0 Å². The average molecular weight is 385 g/mol. The second-order valence-electron chi connectivity index (χ2n) is 7.42. The second-order valence-corrected chi connectivity index (χ2v) is 13.4. The maximum absolute atomic E-state index is 11.4. The molecule has 24 heavy (non-hydrogen) atoms. The van der Waals surface area contributed by atoms with Gasteiger partial charge in [0, 0.05) is 6.92 Å². The normalized spacial score (nSPS) is 28.9. The first kappa shape index (κ1) is 21.7. The van der Waals surface area contributed by atoms with Crippen LogP contribution in [0.5, 0.6) is 0 Å². The summed E-state index contributed by atoms with van der Waals surface area (Å²) in [5.74, 6) is -0.372. The van der Waals surface area contributed by atoms with E-state index in [2.05, 4.69) is 9.84 Å². The number of aliphatic hydroxyl groups is 1. The van der Waals surface area contributed by atoms with Crippen molar-refractivity contribution in [2.45, 2.75) is 70.4 Å². The molecule has 0 spiro atoms. The Morgan fingerprint density at radius 2 is 1.88 bits per heavy atom. The summed E-state index contributed by atoms with van der Waals surface area (Å²) in [6.07, 6.45) is -3.05. The molecule has 4 N–H and O–H groups in total. The Labute approximate surface area is 143 Å². The molecule has 1 aliphatic rings. The molecule has 1 amide bonds. The molecule has 1 fully saturated rings. The van der Waals surface area contributed by atoms with Crippen LogP contribution in [0.1, 0.15) is 27.7 Å². The number of phosphoric ester groups is 1. The Morgan fingerprint density at radius 1 is 1.33 bits per heavy atom. The van der Waals surface area contributed by atoms with Crippen LogP contribution >= 0.6 is 7.82 Å². The Kier molecular flexibility index (Phi) is 6.79. The van der Waals surface area contributed by atoms with Gasteiger partial charge in [0.1, 0.15) is 12.1 Å². The van der Waals surface area contributed by atoms with E-state index >= 15 is 0 Å². The van der Waals surface area contributed by atoms with Crippen LogP contribution in [0.2, 0.25) is 18.1 Å². The number of rotatable bonds is 6. The molecular weight excluding hydrogens is 357 g/mol. The first-order chi connectivity index (χ1) is 10.6. The van der Waals surface area contributed by atoms with Crippen molar-refractivity contribution in [3.8, 4) is 0 Å². The molecule has 0 radical (unpaired) electrons. The first-order valence-electron chi connectivity index (χ1n) is 7.62. The minimum atomic E-state index is -4.69. The number of nitrogens with one attached hydrogen (secondary N) is 1. The lowest BCUT2D eigenvalue weighted by Gasteiger charge is -2.40. The van der Waals surface area contributed by atoms with Crippen LogP contribution in [0.3, 0.4) is 0 Å². The molecular formula is C13H28NO8PSi.